The molecular formula is C21H32N4O8S. The molecule has 0 aromatic heterocycles. The van der Waals surface area contributed by atoms with E-state index in [0.717, 1.165) is 0 Å². The second kappa shape index (κ2) is 14.4. The van der Waals surface area contributed by atoms with Gasteiger partial charge >= 0.3 is 5.97 Å². The lowest BCUT2D eigenvalue weighted by Crippen LogP contribution is -2.60. The molecule has 5 atom stereocenters. The molecule has 13 heteroatoms. The smallest absolute Gasteiger partial charge is 0.326 e. The first-order valence-electron chi connectivity index (χ1n) is 10.4. The van der Waals surface area contributed by atoms with Crippen LogP contribution in [0.5, 0.6) is 5.75 Å². The Kier molecular flexibility index (Phi) is 12.4. The summed E-state index contributed by atoms with van der Waals surface area (Å²) in [6, 6.07) is 0.563. The SMILES string of the molecule is CSCCC(NC(=O)C(Cc1ccc(O)cc1)NC(=O)C(NC(=O)C(N)CO)C(C)O)C(=O)O. The molecule has 1 aromatic rings. The van der Waals surface area contributed by atoms with Crippen LogP contribution in [0, 0.1) is 0 Å². The van der Waals surface area contributed by atoms with Crippen molar-refractivity contribution in [3.8, 4) is 5.75 Å². The van der Waals surface area contributed by atoms with E-state index in [9.17, 15) is 34.5 Å². The fraction of sp³-hybridized carbons (Fsp3) is 0.524. The number of aromatic hydroxyl groups is 1. The molecule has 34 heavy (non-hydrogen) atoms. The van der Waals surface area contributed by atoms with Crippen molar-refractivity contribution in [1.29, 1.82) is 0 Å². The molecule has 0 heterocycles. The van der Waals surface area contributed by atoms with Gasteiger partial charge in [0.05, 0.1) is 12.7 Å². The van der Waals surface area contributed by atoms with Gasteiger partial charge in [-0.15, -0.1) is 0 Å². The third-order valence-corrected chi connectivity index (χ3v) is 5.47. The number of aliphatic carboxylic acids is 1. The summed E-state index contributed by atoms with van der Waals surface area (Å²) in [5.74, 6) is -3.33. The minimum atomic E-state index is -1.49. The fourth-order valence-electron chi connectivity index (χ4n) is 2.85. The first kappa shape index (κ1) is 29.2. The molecule has 1 aromatic carbocycles. The van der Waals surface area contributed by atoms with Gasteiger partial charge in [0.15, 0.2) is 0 Å². The van der Waals surface area contributed by atoms with Crippen LogP contribution in [0.4, 0.5) is 0 Å². The number of carboxylic acid groups (broad SMARTS) is 1. The number of carbonyl (C=O) groups excluding carboxylic acids is 3. The standard InChI is InChI=1S/C21H32N4O8S/c1-11(27)17(25-18(29)14(22)10-26)20(31)24-16(9-12-3-5-13(28)6-4-12)19(30)23-15(21(32)33)7-8-34-2/h3-6,11,14-17,26-28H,7-10,22H2,1-2H3,(H,23,30)(H,24,31)(H,25,29)(H,32,33). The van der Waals surface area contributed by atoms with Gasteiger partial charge in [0.1, 0.15) is 29.9 Å². The van der Waals surface area contributed by atoms with Crippen LogP contribution in [0.3, 0.4) is 0 Å². The van der Waals surface area contributed by atoms with Crippen LogP contribution in [0.15, 0.2) is 24.3 Å². The van der Waals surface area contributed by atoms with E-state index in [1.807, 2.05) is 0 Å². The largest absolute Gasteiger partial charge is 0.508 e. The maximum atomic E-state index is 12.9. The Bertz CT molecular complexity index is 837. The van der Waals surface area contributed by atoms with E-state index >= 15 is 0 Å². The zero-order valence-electron chi connectivity index (χ0n) is 18.9. The number of aliphatic hydroxyl groups excluding tert-OH is 2. The highest BCUT2D eigenvalue weighted by atomic mass is 32.2. The van der Waals surface area contributed by atoms with Crippen molar-refractivity contribution < 1.29 is 39.6 Å². The number of phenols is 1. The number of amides is 3. The second-order valence-electron chi connectivity index (χ2n) is 7.63. The predicted octanol–water partition coefficient (Wildman–Crippen LogP) is -2.07. The van der Waals surface area contributed by atoms with Crippen molar-refractivity contribution in [2.75, 3.05) is 18.6 Å². The van der Waals surface area contributed by atoms with Crippen LogP contribution in [-0.4, -0.2) is 93.0 Å². The lowest BCUT2D eigenvalue weighted by atomic mass is 10.0. The average Bonchev–Trinajstić information content (AvgIpc) is 2.79. The van der Waals surface area contributed by atoms with E-state index in [2.05, 4.69) is 16.0 Å². The van der Waals surface area contributed by atoms with E-state index < -0.39 is 60.6 Å². The molecule has 0 bridgehead atoms. The fourth-order valence-corrected chi connectivity index (χ4v) is 3.32. The average molecular weight is 501 g/mol. The minimum absolute atomic E-state index is 0.00565. The van der Waals surface area contributed by atoms with Crippen molar-refractivity contribution in [2.45, 2.75) is 50.0 Å². The molecular weight excluding hydrogens is 468 g/mol. The number of nitrogens with one attached hydrogen (secondary N) is 3. The van der Waals surface area contributed by atoms with E-state index in [1.165, 1.54) is 43.0 Å². The van der Waals surface area contributed by atoms with Gasteiger partial charge in [-0.2, -0.15) is 11.8 Å². The number of thioether (sulfide) groups is 1. The number of hydrogen-bond donors (Lipinski definition) is 8. The second-order valence-corrected chi connectivity index (χ2v) is 8.61. The van der Waals surface area contributed by atoms with Crippen LogP contribution in [0.2, 0.25) is 0 Å². The Morgan fingerprint density at radius 3 is 2.09 bits per heavy atom. The highest BCUT2D eigenvalue weighted by molar-refractivity contribution is 7.98. The normalized spacial score (nSPS) is 15.3. The van der Waals surface area contributed by atoms with Gasteiger partial charge in [-0.25, -0.2) is 4.79 Å². The van der Waals surface area contributed by atoms with Crippen LogP contribution in [0.1, 0.15) is 18.9 Å². The van der Waals surface area contributed by atoms with Crippen molar-refractivity contribution in [2.24, 2.45) is 5.73 Å². The van der Waals surface area contributed by atoms with Gasteiger partial charge in [-0.1, -0.05) is 12.1 Å². The van der Waals surface area contributed by atoms with Gasteiger partial charge < -0.3 is 42.1 Å². The summed E-state index contributed by atoms with van der Waals surface area (Å²) in [5.41, 5.74) is 5.98. The van der Waals surface area contributed by atoms with E-state index in [4.69, 9.17) is 10.8 Å². The number of aliphatic hydroxyl groups is 2. The predicted molar refractivity (Wildman–Crippen MR) is 125 cm³/mol. The maximum Gasteiger partial charge on any atom is 0.326 e. The van der Waals surface area contributed by atoms with Gasteiger partial charge in [-0.3, -0.25) is 14.4 Å². The molecule has 9 N–H and O–H groups in total. The zero-order chi connectivity index (χ0) is 25.8. The van der Waals surface area contributed by atoms with E-state index in [1.54, 1.807) is 6.26 Å². The third kappa shape index (κ3) is 9.55. The molecule has 5 unspecified atom stereocenters. The van der Waals surface area contributed by atoms with Gasteiger partial charge in [-0.05, 0) is 43.0 Å². The Balaban J connectivity index is 3.11. The monoisotopic (exact) mass is 500 g/mol. The van der Waals surface area contributed by atoms with Crippen molar-refractivity contribution in [3.63, 3.8) is 0 Å². The van der Waals surface area contributed by atoms with Crippen molar-refractivity contribution >= 4 is 35.5 Å². The maximum absolute atomic E-state index is 12.9. The summed E-state index contributed by atoms with van der Waals surface area (Å²) in [5, 5.41) is 45.0. The summed E-state index contributed by atoms with van der Waals surface area (Å²) >= 11 is 1.41. The summed E-state index contributed by atoms with van der Waals surface area (Å²) in [4.78, 5) is 49.3. The quantitative estimate of drug-likeness (QED) is 0.140. The Morgan fingerprint density at radius 2 is 1.59 bits per heavy atom. The highest BCUT2D eigenvalue weighted by Crippen LogP contribution is 2.12. The van der Waals surface area contributed by atoms with Crippen LogP contribution >= 0.6 is 11.8 Å². The Morgan fingerprint density at radius 1 is 1.00 bits per heavy atom. The Hall–Kier alpha value is -2.87. The lowest BCUT2D eigenvalue weighted by molar-refractivity contribution is -0.142. The van der Waals surface area contributed by atoms with Crippen molar-refractivity contribution in [1.82, 2.24) is 16.0 Å². The van der Waals surface area contributed by atoms with Crippen LogP contribution < -0.4 is 21.7 Å². The molecule has 0 saturated heterocycles. The zero-order valence-corrected chi connectivity index (χ0v) is 19.7. The number of hydrogen-bond acceptors (Lipinski definition) is 9. The molecule has 12 nitrogen and oxygen atoms in total. The molecule has 0 radical (unpaired) electrons. The molecule has 0 fully saturated rings. The number of rotatable bonds is 14. The van der Waals surface area contributed by atoms with Crippen LogP contribution in [-0.2, 0) is 25.6 Å². The first-order chi connectivity index (χ1) is 16.0. The number of benzene rings is 1. The van der Waals surface area contributed by atoms with Crippen molar-refractivity contribution in [3.05, 3.63) is 29.8 Å². The van der Waals surface area contributed by atoms with Gasteiger partial charge in [0.2, 0.25) is 17.7 Å². The molecule has 0 aliphatic carbocycles. The van der Waals surface area contributed by atoms with Crippen LogP contribution in [0.25, 0.3) is 0 Å². The highest BCUT2D eigenvalue weighted by Gasteiger charge is 2.32. The third-order valence-electron chi connectivity index (χ3n) is 4.83. The summed E-state index contributed by atoms with van der Waals surface area (Å²) in [6.45, 7) is 0.561. The number of phenolic OH excluding ortho intramolecular Hbond substituents is 1. The Labute approximate surface area is 201 Å². The van der Waals surface area contributed by atoms with Gasteiger partial charge in [0.25, 0.3) is 0 Å². The first-order valence-corrected chi connectivity index (χ1v) is 11.8. The molecule has 0 aliphatic heterocycles. The summed E-state index contributed by atoms with van der Waals surface area (Å²) in [7, 11) is 0. The molecule has 0 saturated carbocycles. The number of carbonyl (C=O) groups is 4. The number of nitrogens with two attached hydrogens (primary N) is 1. The topological polar surface area (TPSA) is 211 Å². The molecule has 1 rings (SSSR count). The lowest BCUT2D eigenvalue weighted by Gasteiger charge is -2.26. The van der Waals surface area contributed by atoms with E-state index in [0.29, 0.717) is 11.3 Å². The molecule has 3 amide bonds. The van der Waals surface area contributed by atoms with E-state index in [-0.39, 0.29) is 18.6 Å². The summed E-state index contributed by atoms with van der Waals surface area (Å²) < 4.78 is 0. The molecule has 0 aliphatic rings. The minimum Gasteiger partial charge on any atom is -0.508 e. The number of carboxylic acids is 1. The van der Waals surface area contributed by atoms with Gasteiger partial charge in [0, 0.05) is 6.42 Å². The molecule has 0 spiro atoms. The summed E-state index contributed by atoms with van der Waals surface area (Å²) in [6.07, 6.45) is 0.513. The molecule has 190 valence electrons.